The summed E-state index contributed by atoms with van der Waals surface area (Å²) in [7, 11) is 0. The third kappa shape index (κ3) is 6.21. The lowest BCUT2D eigenvalue weighted by molar-refractivity contribution is -0.130. The molecule has 1 saturated heterocycles. The summed E-state index contributed by atoms with van der Waals surface area (Å²) in [6.45, 7) is 1.95. The predicted molar refractivity (Wildman–Crippen MR) is 94.6 cm³/mol. The van der Waals surface area contributed by atoms with Crippen LogP contribution in [0.5, 0.6) is 5.75 Å². The van der Waals surface area contributed by atoms with Crippen LogP contribution in [0, 0.1) is 0 Å². The molecule has 0 spiro atoms. The van der Waals surface area contributed by atoms with Crippen molar-refractivity contribution in [2.75, 3.05) is 26.2 Å². The van der Waals surface area contributed by atoms with Gasteiger partial charge in [0.2, 0.25) is 5.91 Å². The molecule has 1 heterocycles. The number of carbonyl (C=O) groups excluding carboxylic acids is 2. The van der Waals surface area contributed by atoms with Gasteiger partial charge in [-0.25, -0.2) is 0 Å². The molecule has 5 nitrogen and oxygen atoms in total. The van der Waals surface area contributed by atoms with Crippen molar-refractivity contribution in [3.8, 4) is 5.75 Å². The number of ether oxygens (including phenoxy) is 1. The Balaban J connectivity index is 1.62. The van der Waals surface area contributed by atoms with Gasteiger partial charge in [0, 0.05) is 32.1 Å². The van der Waals surface area contributed by atoms with Crippen LogP contribution < -0.4 is 10.1 Å². The van der Waals surface area contributed by atoms with Crippen molar-refractivity contribution in [3.05, 3.63) is 28.2 Å². The number of amides is 2. The summed E-state index contributed by atoms with van der Waals surface area (Å²) >= 11 is 11.7. The molecule has 0 saturated carbocycles. The van der Waals surface area contributed by atoms with E-state index in [1.54, 1.807) is 18.2 Å². The highest BCUT2D eigenvalue weighted by atomic mass is 35.5. The Bertz CT molecular complexity index is 581. The Labute approximate surface area is 152 Å². The van der Waals surface area contributed by atoms with Gasteiger partial charge >= 0.3 is 0 Å². The lowest BCUT2D eigenvalue weighted by Gasteiger charge is -2.20. The minimum atomic E-state index is -0.205. The van der Waals surface area contributed by atoms with E-state index in [1.165, 1.54) is 0 Å². The van der Waals surface area contributed by atoms with Gasteiger partial charge in [0.1, 0.15) is 5.75 Å². The average molecular weight is 373 g/mol. The van der Waals surface area contributed by atoms with Gasteiger partial charge in [0.05, 0.1) is 10.0 Å². The van der Waals surface area contributed by atoms with E-state index < -0.39 is 0 Å². The molecule has 0 aromatic heterocycles. The van der Waals surface area contributed by atoms with Gasteiger partial charge in [0.25, 0.3) is 5.91 Å². The highest BCUT2D eigenvalue weighted by Gasteiger charge is 2.15. The highest BCUT2D eigenvalue weighted by molar-refractivity contribution is 6.42. The molecule has 1 N–H and O–H groups in total. The fourth-order valence-electron chi connectivity index (χ4n) is 2.54. The molecule has 24 heavy (non-hydrogen) atoms. The number of hydrogen-bond acceptors (Lipinski definition) is 3. The maximum atomic E-state index is 11.9. The van der Waals surface area contributed by atoms with E-state index in [9.17, 15) is 9.59 Å². The van der Waals surface area contributed by atoms with Crippen molar-refractivity contribution in [1.29, 1.82) is 0 Å². The van der Waals surface area contributed by atoms with Gasteiger partial charge < -0.3 is 15.0 Å². The third-order valence-electron chi connectivity index (χ3n) is 3.86. The second-order valence-electron chi connectivity index (χ2n) is 5.76. The van der Waals surface area contributed by atoms with Crippen LogP contribution >= 0.6 is 23.2 Å². The summed E-state index contributed by atoms with van der Waals surface area (Å²) < 4.78 is 5.36. The Hall–Kier alpha value is -1.46. The predicted octanol–water partition coefficient (Wildman–Crippen LogP) is 3.28. The van der Waals surface area contributed by atoms with Gasteiger partial charge in [-0.3, -0.25) is 9.59 Å². The molecule has 0 unspecified atom stereocenters. The molecule has 0 bridgehead atoms. The maximum Gasteiger partial charge on any atom is 0.257 e. The van der Waals surface area contributed by atoms with E-state index in [1.807, 2.05) is 4.90 Å². The maximum absolute atomic E-state index is 11.9. The van der Waals surface area contributed by atoms with Crippen molar-refractivity contribution in [2.45, 2.75) is 32.1 Å². The van der Waals surface area contributed by atoms with Crippen LogP contribution in [0.2, 0.25) is 10.0 Å². The molecular formula is C17H22Cl2N2O3. The first-order valence-electron chi connectivity index (χ1n) is 8.18. The quantitative estimate of drug-likeness (QED) is 0.747. The first kappa shape index (κ1) is 18.9. The molecule has 2 amide bonds. The fourth-order valence-corrected chi connectivity index (χ4v) is 2.83. The molecule has 132 valence electrons. The number of nitrogens with zero attached hydrogens (tertiary/aromatic N) is 1. The van der Waals surface area contributed by atoms with Crippen molar-refractivity contribution >= 4 is 35.0 Å². The van der Waals surface area contributed by atoms with Crippen LogP contribution in [0.3, 0.4) is 0 Å². The van der Waals surface area contributed by atoms with E-state index >= 15 is 0 Å². The zero-order chi connectivity index (χ0) is 17.4. The number of likely N-dealkylation sites (tertiary alicyclic amines) is 1. The van der Waals surface area contributed by atoms with Crippen molar-refractivity contribution in [3.63, 3.8) is 0 Å². The molecule has 0 radical (unpaired) electrons. The molecule has 1 aromatic rings. The fraction of sp³-hybridized carbons (Fsp3) is 0.529. The molecule has 1 aliphatic heterocycles. The van der Waals surface area contributed by atoms with Gasteiger partial charge in [-0.15, -0.1) is 0 Å². The summed E-state index contributed by atoms with van der Waals surface area (Å²) in [4.78, 5) is 25.5. The van der Waals surface area contributed by atoms with Gasteiger partial charge in [-0.1, -0.05) is 29.6 Å². The molecule has 0 atom stereocenters. The zero-order valence-corrected chi connectivity index (χ0v) is 15.0. The van der Waals surface area contributed by atoms with E-state index in [4.69, 9.17) is 27.9 Å². The van der Waals surface area contributed by atoms with E-state index in [0.29, 0.717) is 35.3 Å². The second kappa shape index (κ2) is 9.74. The summed E-state index contributed by atoms with van der Waals surface area (Å²) in [6.07, 6.45) is 4.55. The molecule has 2 rings (SSSR count). The van der Waals surface area contributed by atoms with Crippen LogP contribution in [0.25, 0.3) is 0 Å². The molecule has 7 heteroatoms. The summed E-state index contributed by atoms with van der Waals surface area (Å²) in [5, 5.41) is 3.62. The van der Waals surface area contributed by atoms with Crippen molar-refractivity contribution < 1.29 is 14.3 Å². The Kier molecular flexibility index (Phi) is 7.66. The number of benzene rings is 1. The number of halogens is 2. The van der Waals surface area contributed by atoms with E-state index in [-0.39, 0.29) is 18.4 Å². The Morgan fingerprint density at radius 3 is 2.83 bits per heavy atom. The van der Waals surface area contributed by atoms with Crippen LogP contribution in [0.15, 0.2) is 18.2 Å². The monoisotopic (exact) mass is 372 g/mol. The Morgan fingerprint density at radius 2 is 2.04 bits per heavy atom. The summed E-state index contributed by atoms with van der Waals surface area (Å²) in [5.74, 6) is 0.514. The van der Waals surface area contributed by atoms with E-state index in [2.05, 4.69) is 5.32 Å². The largest absolute Gasteiger partial charge is 0.484 e. The van der Waals surface area contributed by atoms with E-state index in [0.717, 1.165) is 32.2 Å². The van der Waals surface area contributed by atoms with Crippen LogP contribution in [-0.2, 0) is 9.59 Å². The van der Waals surface area contributed by atoms with Crippen molar-refractivity contribution in [1.82, 2.24) is 10.2 Å². The van der Waals surface area contributed by atoms with Gasteiger partial charge in [-0.05, 0) is 31.4 Å². The third-order valence-corrected chi connectivity index (χ3v) is 4.60. The first-order chi connectivity index (χ1) is 11.6. The zero-order valence-electron chi connectivity index (χ0n) is 13.5. The molecule has 1 aliphatic rings. The van der Waals surface area contributed by atoms with Gasteiger partial charge in [-0.2, -0.15) is 0 Å². The standard InChI is InChI=1S/C17H22Cl2N2O3/c18-14-7-6-13(11-15(14)19)24-12-16(22)20-8-4-10-21-9-3-1-2-5-17(21)23/h6-7,11H,1-5,8-10,12H2,(H,20,22). The van der Waals surface area contributed by atoms with Crippen molar-refractivity contribution in [2.24, 2.45) is 0 Å². The Morgan fingerprint density at radius 1 is 1.21 bits per heavy atom. The smallest absolute Gasteiger partial charge is 0.257 e. The normalized spacial score (nSPS) is 15.1. The second-order valence-corrected chi connectivity index (χ2v) is 6.57. The lowest BCUT2D eigenvalue weighted by Crippen LogP contribution is -2.35. The lowest BCUT2D eigenvalue weighted by atomic mass is 10.2. The summed E-state index contributed by atoms with van der Waals surface area (Å²) in [6, 6.07) is 4.85. The van der Waals surface area contributed by atoms with Crippen LogP contribution in [-0.4, -0.2) is 43.0 Å². The SMILES string of the molecule is O=C(COc1ccc(Cl)c(Cl)c1)NCCCN1CCCCCC1=O. The average Bonchev–Trinajstić information content (AvgIpc) is 2.77. The number of hydrogen-bond donors (Lipinski definition) is 1. The topological polar surface area (TPSA) is 58.6 Å². The molecule has 0 aliphatic carbocycles. The number of nitrogens with one attached hydrogen (secondary N) is 1. The van der Waals surface area contributed by atoms with Crippen LogP contribution in [0.1, 0.15) is 32.1 Å². The number of rotatable bonds is 7. The minimum Gasteiger partial charge on any atom is -0.484 e. The first-order valence-corrected chi connectivity index (χ1v) is 8.94. The molecular weight excluding hydrogens is 351 g/mol. The highest BCUT2D eigenvalue weighted by Crippen LogP contribution is 2.26. The van der Waals surface area contributed by atoms with Crippen LogP contribution in [0.4, 0.5) is 0 Å². The number of carbonyl (C=O) groups is 2. The molecule has 1 fully saturated rings. The molecule has 1 aromatic carbocycles. The van der Waals surface area contributed by atoms with Gasteiger partial charge in [0.15, 0.2) is 6.61 Å². The summed E-state index contributed by atoms with van der Waals surface area (Å²) in [5.41, 5.74) is 0. The minimum absolute atomic E-state index is 0.0827.